The fourth-order valence-electron chi connectivity index (χ4n) is 0.461. The Morgan fingerprint density at radius 3 is 2.56 bits per heavy atom. The summed E-state index contributed by atoms with van der Waals surface area (Å²) in [5, 5.41) is 9.12. The van der Waals surface area contributed by atoms with Gasteiger partial charge >= 0.3 is 0 Å². The summed E-state index contributed by atoms with van der Waals surface area (Å²) in [6.45, 7) is 0.288. The molecule has 0 aromatic heterocycles. The van der Waals surface area contributed by atoms with Crippen LogP contribution < -0.4 is 0 Å². The Labute approximate surface area is 64.6 Å². The van der Waals surface area contributed by atoms with E-state index in [0.717, 1.165) is 24.6 Å². The zero-order valence-corrected chi connectivity index (χ0v) is 6.95. The Morgan fingerprint density at radius 2 is 2.00 bits per heavy atom. The molecule has 2 heteroatoms. The SMILES string of the molecule is OCCCCC#CCBr. The van der Waals surface area contributed by atoms with Gasteiger partial charge in [0.25, 0.3) is 0 Å². The van der Waals surface area contributed by atoms with Crippen LogP contribution in [0.3, 0.4) is 0 Å². The van der Waals surface area contributed by atoms with Crippen LogP contribution in [0.4, 0.5) is 0 Å². The highest BCUT2D eigenvalue weighted by molar-refractivity contribution is 9.09. The molecule has 52 valence electrons. The summed E-state index contributed by atoms with van der Waals surface area (Å²) in [5.41, 5.74) is 0. The van der Waals surface area contributed by atoms with E-state index in [0.29, 0.717) is 0 Å². The van der Waals surface area contributed by atoms with Crippen LogP contribution in [0, 0.1) is 11.8 Å². The quantitative estimate of drug-likeness (QED) is 0.407. The van der Waals surface area contributed by atoms with E-state index in [9.17, 15) is 0 Å². The predicted octanol–water partition coefficient (Wildman–Crippen LogP) is 1.55. The minimum Gasteiger partial charge on any atom is -0.396 e. The summed E-state index contributed by atoms with van der Waals surface area (Å²) >= 11 is 3.20. The van der Waals surface area contributed by atoms with Gasteiger partial charge in [-0.3, -0.25) is 0 Å². The minimum atomic E-state index is 0.288. The van der Waals surface area contributed by atoms with E-state index in [4.69, 9.17) is 5.11 Å². The number of hydrogen-bond acceptors (Lipinski definition) is 1. The largest absolute Gasteiger partial charge is 0.396 e. The van der Waals surface area contributed by atoms with Crippen molar-refractivity contribution in [3.63, 3.8) is 0 Å². The molecule has 0 aliphatic rings. The molecule has 9 heavy (non-hydrogen) atoms. The number of alkyl halides is 1. The van der Waals surface area contributed by atoms with Crippen LogP contribution in [0.2, 0.25) is 0 Å². The summed E-state index contributed by atoms with van der Waals surface area (Å²) < 4.78 is 0. The molecule has 0 heterocycles. The zero-order chi connectivity index (χ0) is 6.95. The van der Waals surface area contributed by atoms with Crippen LogP contribution in [0.1, 0.15) is 19.3 Å². The minimum absolute atomic E-state index is 0.288. The van der Waals surface area contributed by atoms with Crippen LogP contribution in [0.15, 0.2) is 0 Å². The molecule has 0 fully saturated rings. The van der Waals surface area contributed by atoms with Crippen molar-refractivity contribution in [3.05, 3.63) is 0 Å². The van der Waals surface area contributed by atoms with Crippen LogP contribution >= 0.6 is 15.9 Å². The van der Waals surface area contributed by atoms with Gasteiger partial charge in [-0.1, -0.05) is 21.9 Å². The Morgan fingerprint density at radius 1 is 1.22 bits per heavy atom. The molecule has 1 N–H and O–H groups in total. The van der Waals surface area contributed by atoms with Crippen LogP contribution in [-0.4, -0.2) is 17.0 Å². The van der Waals surface area contributed by atoms with Gasteiger partial charge in [0.2, 0.25) is 0 Å². The van der Waals surface area contributed by atoms with Crippen LogP contribution in [0.5, 0.6) is 0 Å². The molecule has 0 atom stereocenters. The predicted molar refractivity (Wildman–Crippen MR) is 42.5 cm³/mol. The first-order chi connectivity index (χ1) is 4.41. The lowest BCUT2D eigenvalue weighted by atomic mass is 10.2. The van der Waals surface area contributed by atoms with Crippen molar-refractivity contribution in [3.8, 4) is 11.8 Å². The van der Waals surface area contributed by atoms with Gasteiger partial charge in [0.05, 0.1) is 5.33 Å². The molecule has 1 nitrogen and oxygen atoms in total. The van der Waals surface area contributed by atoms with Crippen molar-refractivity contribution in [2.75, 3.05) is 11.9 Å². The van der Waals surface area contributed by atoms with E-state index in [1.54, 1.807) is 0 Å². The van der Waals surface area contributed by atoms with E-state index >= 15 is 0 Å². The molecule has 0 aliphatic carbocycles. The highest BCUT2D eigenvalue weighted by atomic mass is 79.9. The third-order valence-corrected chi connectivity index (χ3v) is 1.18. The second-order valence-corrected chi connectivity index (χ2v) is 2.23. The first-order valence-electron chi connectivity index (χ1n) is 3.04. The van der Waals surface area contributed by atoms with Gasteiger partial charge < -0.3 is 5.11 Å². The molecule has 0 bridgehead atoms. The monoisotopic (exact) mass is 190 g/mol. The maximum absolute atomic E-state index is 8.37. The maximum Gasteiger partial charge on any atom is 0.0645 e. The lowest BCUT2D eigenvalue weighted by Crippen LogP contribution is -1.80. The molecule has 0 aromatic carbocycles. The lowest BCUT2D eigenvalue weighted by molar-refractivity contribution is 0.285. The van der Waals surface area contributed by atoms with Gasteiger partial charge in [-0.05, 0) is 12.8 Å². The van der Waals surface area contributed by atoms with Gasteiger partial charge in [0.15, 0.2) is 0 Å². The van der Waals surface area contributed by atoms with Gasteiger partial charge in [-0.2, -0.15) is 0 Å². The summed E-state index contributed by atoms with van der Waals surface area (Å²) in [5.74, 6) is 5.85. The van der Waals surface area contributed by atoms with Crippen molar-refractivity contribution in [1.82, 2.24) is 0 Å². The van der Waals surface area contributed by atoms with E-state index < -0.39 is 0 Å². The molecule has 0 saturated carbocycles. The van der Waals surface area contributed by atoms with Crippen LogP contribution in [0.25, 0.3) is 0 Å². The van der Waals surface area contributed by atoms with Crippen molar-refractivity contribution in [1.29, 1.82) is 0 Å². The molecular weight excluding hydrogens is 180 g/mol. The summed E-state index contributed by atoms with van der Waals surface area (Å²) in [7, 11) is 0. The smallest absolute Gasteiger partial charge is 0.0645 e. The summed E-state index contributed by atoms with van der Waals surface area (Å²) in [6, 6.07) is 0. The lowest BCUT2D eigenvalue weighted by Gasteiger charge is -1.86. The third-order valence-electron chi connectivity index (χ3n) is 0.902. The molecule has 0 rings (SSSR count). The van der Waals surface area contributed by atoms with E-state index in [2.05, 4.69) is 27.8 Å². The average molecular weight is 191 g/mol. The number of aliphatic hydroxyl groups is 1. The second kappa shape index (κ2) is 8.00. The fourth-order valence-corrected chi connectivity index (χ4v) is 0.659. The van der Waals surface area contributed by atoms with Crippen molar-refractivity contribution in [2.45, 2.75) is 19.3 Å². The van der Waals surface area contributed by atoms with E-state index in [1.807, 2.05) is 0 Å². The number of unbranched alkanes of at least 4 members (excludes halogenated alkanes) is 2. The van der Waals surface area contributed by atoms with Gasteiger partial charge in [-0.25, -0.2) is 0 Å². The molecule has 0 spiro atoms. The van der Waals surface area contributed by atoms with E-state index in [1.165, 1.54) is 0 Å². The van der Waals surface area contributed by atoms with Gasteiger partial charge in [-0.15, -0.1) is 5.92 Å². The molecule has 0 saturated heterocycles. The van der Waals surface area contributed by atoms with E-state index in [-0.39, 0.29) is 6.61 Å². The maximum atomic E-state index is 8.37. The van der Waals surface area contributed by atoms with Crippen molar-refractivity contribution >= 4 is 15.9 Å². The molecule has 0 amide bonds. The average Bonchev–Trinajstić information content (AvgIpc) is 1.89. The van der Waals surface area contributed by atoms with Crippen molar-refractivity contribution < 1.29 is 5.11 Å². The number of aliphatic hydroxyl groups excluding tert-OH is 1. The molecule has 0 aromatic rings. The van der Waals surface area contributed by atoms with Crippen molar-refractivity contribution in [2.24, 2.45) is 0 Å². The Hall–Kier alpha value is 0. The van der Waals surface area contributed by atoms with Gasteiger partial charge in [0, 0.05) is 13.0 Å². The summed E-state index contributed by atoms with van der Waals surface area (Å²) in [4.78, 5) is 0. The first-order valence-corrected chi connectivity index (χ1v) is 4.16. The highest BCUT2D eigenvalue weighted by Crippen LogP contribution is 1.91. The summed E-state index contributed by atoms with van der Waals surface area (Å²) in [6.07, 6.45) is 2.79. The number of halogens is 1. The number of hydrogen-bond donors (Lipinski definition) is 1. The number of rotatable bonds is 3. The fraction of sp³-hybridized carbons (Fsp3) is 0.714. The second-order valence-electron chi connectivity index (χ2n) is 1.67. The molecular formula is C7H11BrO. The van der Waals surface area contributed by atoms with Gasteiger partial charge in [0.1, 0.15) is 0 Å². The standard InChI is InChI=1S/C7H11BrO/c8-6-4-2-1-3-5-7-9/h9H,1,3,5-7H2. The molecule has 0 unspecified atom stereocenters. The molecule has 0 aliphatic heterocycles. The Kier molecular flexibility index (Phi) is 8.00. The Balaban J connectivity index is 2.90. The first kappa shape index (κ1) is 9.00. The normalized spacial score (nSPS) is 8.22. The molecule has 0 radical (unpaired) electrons. The third kappa shape index (κ3) is 8.00. The zero-order valence-electron chi connectivity index (χ0n) is 5.36. The topological polar surface area (TPSA) is 20.2 Å². The van der Waals surface area contributed by atoms with Crippen LogP contribution in [-0.2, 0) is 0 Å². The Bertz CT molecular complexity index is 101. The highest BCUT2D eigenvalue weighted by Gasteiger charge is 1.79.